The molecule has 0 radical (unpaired) electrons. The van der Waals surface area contributed by atoms with Gasteiger partial charge in [-0.15, -0.1) is 0 Å². The number of imidazole rings is 1. The molecule has 0 atom stereocenters. The minimum absolute atomic E-state index is 0.435. The molecule has 1 N–H and O–H groups in total. The number of benzene rings is 1. The number of nitrogens with one attached hydrogen (secondary N) is 1. The topological polar surface area (TPSA) is 85.6 Å². The average molecular weight is 318 g/mol. The highest BCUT2D eigenvalue weighted by atomic mass is 32.2. The van der Waals surface area contributed by atoms with Crippen LogP contribution in [0.4, 0.5) is 5.69 Å². The highest BCUT2D eigenvalue weighted by molar-refractivity contribution is 7.92. The molecule has 0 aliphatic rings. The number of fused-ring (bicyclic) bond motifs is 1. The summed E-state index contributed by atoms with van der Waals surface area (Å²) in [5.41, 5.74) is 1.89. The third kappa shape index (κ3) is 2.86. The minimum atomic E-state index is -3.34. The van der Waals surface area contributed by atoms with E-state index in [2.05, 4.69) is 14.7 Å². The summed E-state index contributed by atoms with van der Waals surface area (Å²) in [4.78, 5) is 8.60. The lowest BCUT2D eigenvalue weighted by molar-refractivity contribution is 0.416. The highest BCUT2D eigenvalue weighted by Gasteiger charge is 2.12. The van der Waals surface area contributed by atoms with Crippen molar-refractivity contribution >= 4 is 21.5 Å². The smallest absolute Gasteiger partial charge is 0.234 e. The van der Waals surface area contributed by atoms with Gasteiger partial charge in [0.2, 0.25) is 15.8 Å². The SMILES string of the molecule is COc1cc(NS(C)(=O)=O)ccc1-c1cn2cccnc2n1. The van der Waals surface area contributed by atoms with Crippen molar-refractivity contribution in [1.82, 2.24) is 14.4 Å². The van der Waals surface area contributed by atoms with E-state index in [1.165, 1.54) is 7.11 Å². The van der Waals surface area contributed by atoms with Crippen LogP contribution in [0.2, 0.25) is 0 Å². The quantitative estimate of drug-likeness (QED) is 0.792. The van der Waals surface area contributed by atoms with Crippen LogP contribution in [0.25, 0.3) is 17.0 Å². The molecule has 114 valence electrons. The van der Waals surface area contributed by atoms with Crippen LogP contribution in [-0.2, 0) is 10.0 Å². The normalized spacial score (nSPS) is 11.5. The van der Waals surface area contributed by atoms with Crippen molar-refractivity contribution in [2.45, 2.75) is 0 Å². The van der Waals surface area contributed by atoms with Gasteiger partial charge >= 0.3 is 0 Å². The van der Waals surface area contributed by atoms with E-state index in [0.717, 1.165) is 11.8 Å². The van der Waals surface area contributed by atoms with Gasteiger partial charge < -0.3 is 4.74 Å². The van der Waals surface area contributed by atoms with Crippen molar-refractivity contribution in [3.05, 3.63) is 42.9 Å². The summed E-state index contributed by atoms with van der Waals surface area (Å²) >= 11 is 0. The zero-order valence-corrected chi connectivity index (χ0v) is 12.8. The molecule has 22 heavy (non-hydrogen) atoms. The molecule has 0 bridgehead atoms. The standard InChI is InChI=1S/C14H14N4O3S/c1-21-13-8-10(17-22(2,19)20)4-5-11(13)12-9-18-7-3-6-15-14(18)16-12/h3-9,17H,1-2H3. The number of rotatable bonds is 4. The Morgan fingerprint density at radius 1 is 1.32 bits per heavy atom. The summed E-state index contributed by atoms with van der Waals surface area (Å²) in [7, 11) is -1.81. The Bertz CT molecular complexity index is 901. The van der Waals surface area contributed by atoms with E-state index >= 15 is 0 Å². The fourth-order valence-electron chi connectivity index (χ4n) is 2.14. The van der Waals surface area contributed by atoms with E-state index in [4.69, 9.17) is 4.74 Å². The maximum absolute atomic E-state index is 11.3. The second-order valence-corrected chi connectivity index (χ2v) is 6.49. The fraction of sp³-hybridized carbons (Fsp3) is 0.143. The summed E-state index contributed by atoms with van der Waals surface area (Å²) in [5, 5.41) is 0. The largest absolute Gasteiger partial charge is 0.496 e. The Morgan fingerprint density at radius 2 is 2.14 bits per heavy atom. The molecule has 3 aromatic rings. The summed E-state index contributed by atoms with van der Waals surface area (Å²) in [6.45, 7) is 0. The van der Waals surface area contributed by atoms with E-state index in [0.29, 0.717) is 22.9 Å². The van der Waals surface area contributed by atoms with E-state index in [1.54, 1.807) is 28.8 Å². The lowest BCUT2D eigenvalue weighted by atomic mass is 10.1. The maximum atomic E-state index is 11.3. The molecule has 0 amide bonds. The first kappa shape index (κ1) is 14.3. The first-order valence-electron chi connectivity index (χ1n) is 6.42. The predicted octanol–water partition coefficient (Wildman–Crippen LogP) is 1.78. The molecular weight excluding hydrogens is 304 g/mol. The van der Waals surface area contributed by atoms with E-state index < -0.39 is 10.0 Å². The van der Waals surface area contributed by atoms with Gasteiger partial charge in [-0.3, -0.25) is 9.12 Å². The molecule has 0 aliphatic carbocycles. The number of ether oxygens (including phenoxy) is 1. The Hall–Kier alpha value is -2.61. The van der Waals surface area contributed by atoms with Crippen LogP contribution < -0.4 is 9.46 Å². The van der Waals surface area contributed by atoms with Gasteiger partial charge in [-0.1, -0.05) is 0 Å². The zero-order chi connectivity index (χ0) is 15.7. The van der Waals surface area contributed by atoms with Crippen molar-refractivity contribution in [3.63, 3.8) is 0 Å². The molecule has 1 aromatic carbocycles. The lowest BCUT2D eigenvalue weighted by Crippen LogP contribution is -2.09. The van der Waals surface area contributed by atoms with Crippen LogP contribution >= 0.6 is 0 Å². The second-order valence-electron chi connectivity index (χ2n) is 4.74. The number of hydrogen-bond donors (Lipinski definition) is 1. The third-order valence-corrected chi connectivity index (χ3v) is 3.62. The van der Waals surface area contributed by atoms with Crippen LogP contribution in [0.3, 0.4) is 0 Å². The highest BCUT2D eigenvalue weighted by Crippen LogP contribution is 2.32. The number of aromatic nitrogens is 3. The van der Waals surface area contributed by atoms with Crippen LogP contribution in [0, 0.1) is 0 Å². The van der Waals surface area contributed by atoms with Gasteiger partial charge in [0.05, 0.1) is 24.7 Å². The molecule has 2 heterocycles. The van der Waals surface area contributed by atoms with E-state index in [1.807, 2.05) is 18.5 Å². The summed E-state index contributed by atoms with van der Waals surface area (Å²) in [6.07, 6.45) is 6.46. The van der Waals surface area contributed by atoms with Crippen molar-refractivity contribution in [2.75, 3.05) is 18.1 Å². The summed E-state index contributed by atoms with van der Waals surface area (Å²) in [5.74, 6) is 1.11. The molecule has 0 unspecified atom stereocenters. The van der Waals surface area contributed by atoms with Crippen molar-refractivity contribution in [2.24, 2.45) is 0 Å². The number of anilines is 1. The number of nitrogens with zero attached hydrogens (tertiary/aromatic N) is 3. The Labute approximate surface area is 127 Å². The lowest BCUT2D eigenvalue weighted by Gasteiger charge is -2.09. The minimum Gasteiger partial charge on any atom is -0.496 e. The van der Waals surface area contributed by atoms with Gasteiger partial charge in [0.25, 0.3) is 0 Å². The van der Waals surface area contributed by atoms with Crippen LogP contribution in [0.1, 0.15) is 0 Å². The summed E-state index contributed by atoms with van der Waals surface area (Å²) in [6, 6.07) is 6.85. The third-order valence-electron chi connectivity index (χ3n) is 3.02. The van der Waals surface area contributed by atoms with Crippen molar-refractivity contribution < 1.29 is 13.2 Å². The second kappa shape index (κ2) is 5.30. The van der Waals surface area contributed by atoms with Crippen LogP contribution in [0.15, 0.2) is 42.9 Å². The van der Waals surface area contributed by atoms with Crippen LogP contribution in [-0.4, -0.2) is 36.2 Å². The van der Waals surface area contributed by atoms with Crippen molar-refractivity contribution in [3.8, 4) is 17.0 Å². The van der Waals surface area contributed by atoms with Gasteiger partial charge in [-0.2, -0.15) is 0 Å². The van der Waals surface area contributed by atoms with Gasteiger partial charge in [0.15, 0.2) is 0 Å². The molecule has 0 saturated heterocycles. The van der Waals surface area contributed by atoms with E-state index in [9.17, 15) is 8.42 Å². The van der Waals surface area contributed by atoms with Gasteiger partial charge in [-0.05, 0) is 18.2 Å². The Morgan fingerprint density at radius 3 is 2.82 bits per heavy atom. The molecule has 8 heteroatoms. The molecule has 0 saturated carbocycles. The zero-order valence-electron chi connectivity index (χ0n) is 12.0. The number of sulfonamides is 1. The number of methoxy groups -OCH3 is 1. The Kier molecular flexibility index (Phi) is 3.45. The number of hydrogen-bond acceptors (Lipinski definition) is 5. The molecule has 3 rings (SSSR count). The Balaban J connectivity index is 2.06. The van der Waals surface area contributed by atoms with Crippen LogP contribution in [0.5, 0.6) is 5.75 Å². The molecule has 0 spiro atoms. The average Bonchev–Trinajstić information content (AvgIpc) is 2.89. The van der Waals surface area contributed by atoms with Gasteiger partial charge in [-0.25, -0.2) is 18.4 Å². The monoisotopic (exact) mass is 318 g/mol. The van der Waals surface area contributed by atoms with Gasteiger partial charge in [0.1, 0.15) is 5.75 Å². The summed E-state index contributed by atoms with van der Waals surface area (Å²) < 4.78 is 32.2. The first-order chi connectivity index (χ1) is 10.5. The van der Waals surface area contributed by atoms with Crippen molar-refractivity contribution in [1.29, 1.82) is 0 Å². The molecule has 2 aromatic heterocycles. The molecular formula is C14H14N4O3S. The first-order valence-corrected chi connectivity index (χ1v) is 8.31. The fourth-order valence-corrected chi connectivity index (χ4v) is 2.70. The predicted molar refractivity (Wildman–Crippen MR) is 83.4 cm³/mol. The molecule has 0 fully saturated rings. The van der Waals surface area contributed by atoms with Gasteiger partial charge in [0, 0.05) is 30.2 Å². The molecule has 0 aliphatic heterocycles. The maximum Gasteiger partial charge on any atom is 0.234 e. The van der Waals surface area contributed by atoms with E-state index in [-0.39, 0.29) is 0 Å². The molecule has 7 nitrogen and oxygen atoms in total.